The van der Waals surface area contributed by atoms with Gasteiger partial charge >= 0.3 is 5.97 Å². The molecule has 21 heavy (non-hydrogen) atoms. The Morgan fingerprint density at radius 1 is 1.57 bits per heavy atom. The summed E-state index contributed by atoms with van der Waals surface area (Å²) in [5, 5.41) is 22.7. The Kier molecular flexibility index (Phi) is 6.41. The summed E-state index contributed by atoms with van der Waals surface area (Å²) in [4.78, 5) is 21.1. The second-order valence-electron chi connectivity index (χ2n) is 4.44. The Bertz CT molecular complexity index is 539. The molecular weight excluding hydrogens is 299 g/mol. The molecule has 0 spiro atoms. The van der Waals surface area contributed by atoms with Crippen molar-refractivity contribution in [1.29, 1.82) is 0 Å². The van der Waals surface area contributed by atoms with Gasteiger partial charge in [0.1, 0.15) is 17.1 Å². The van der Waals surface area contributed by atoms with Gasteiger partial charge in [-0.05, 0) is 24.9 Å². The molecule has 0 aliphatic rings. The molecule has 1 unspecified atom stereocenters. The Hall–Kier alpha value is -1.83. The largest absolute Gasteiger partial charge is 0.478 e. The van der Waals surface area contributed by atoms with Crippen LogP contribution in [0, 0.1) is 15.9 Å². The van der Waals surface area contributed by atoms with Crippen LogP contribution in [0.25, 0.3) is 0 Å². The summed E-state index contributed by atoms with van der Waals surface area (Å²) in [5.74, 6) is -0.663. The third-order valence-corrected chi connectivity index (χ3v) is 3.75. The fraction of sp³-hybridized carbons (Fsp3) is 0.462. The molecule has 1 rings (SSSR count). The van der Waals surface area contributed by atoms with Crippen LogP contribution in [-0.2, 0) is 0 Å². The van der Waals surface area contributed by atoms with Crippen molar-refractivity contribution in [1.82, 2.24) is 0 Å². The van der Waals surface area contributed by atoms with Gasteiger partial charge in [0.2, 0.25) is 0 Å². The molecule has 1 aromatic rings. The van der Waals surface area contributed by atoms with Crippen LogP contribution in [0.3, 0.4) is 0 Å². The number of carboxylic acid groups (broad SMARTS) is 1. The molecule has 2 N–H and O–H groups in total. The number of hydrogen-bond acceptors (Lipinski definition) is 5. The van der Waals surface area contributed by atoms with Crippen molar-refractivity contribution in [3.05, 3.63) is 33.6 Å². The summed E-state index contributed by atoms with van der Waals surface area (Å²) in [6.07, 6.45) is 0.762. The van der Waals surface area contributed by atoms with Crippen LogP contribution in [0.4, 0.5) is 15.8 Å². The molecule has 0 aliphatic heterocycles. The van der Waals surface area contributed by atoms with Crippen molar-refractivity contribution in [2.75, 3.05) is 16.8 Å². The van der Waals surface area contributed by atoms with Gasteiger partial charge in [0.05, 0.1) is 4.92 Å². The normalized spacial score (nSPS) is 12.0. The van der Waals surface area contributed by atoms with E-state index in [-0.39, 0.29) is 11.7 Å². The predicted molar refractivity (Wildman–Crippen MR) is 80.7 cm³/mol. The van der Waals surface area contributed by atoms with E-state index in [1.807, 2.05) is 13.8 Å². The molecule has 0 amide bonds. The quantitative estimate of drug-likeness (QED) is 0.434. The summed E-state index contributed by atoms with van der Waals surface area (Å²) in [7, 11) is 0. The number of thioether (sulfide) groups is 1. The number of nitro benzene ring substituents is 1. The van der Waals surface area contributed by atoms with Crippen molar-refractivity contribution < 1.29 is 19.2 Å². The standard InChI is InChI=1S/C13H17FN2O4S/c1-3-21-5-4-8(2)15-11-7-10(14)9(13(17)18)6-12(11)16(19)20/h6-8,15H,3-5H2,1-2H3,(H,17,18). The van der Waals surface area contributed by atoms with Gasteiger partial charge in [0, 0.05) is 18.2 Å². The van der Waals surface area contributed by atoms with Crippen molar-refractivity contribution in [2.45, 2.75) is 26.3 Å². The molecule has 6 nitrogen and oxygen atoms in total. The minimum absolute atomic E-state index is 0.00324. The van der Waals surface area contributed by atoms with E-state index in [0.29, 0.717) is 0 Å². The zero-order chi connectivity index (χ0) is 16.0. The lowest BCUT2D eigenvalue weighted by Crippen LogP contribution is -2.17. The Balaban J connectivity index is 2.98. The lowest BCUT2D eigenvalue weighted by atomic mass is 10.1. The topological polar surface area (TPSA) is 92.5 Å². The lowest BCUT2D eigenvalue weighted by Gasteiger charge is -2.15. The molecular formula is C13H17FN2O4S. The van der Waals surface area contributed by atoms with E-state index in [1.54, 1.807) is 11.8 Å². The molecule has 0 saturated heterocycles. The van der Waals surface area contributed by atoms with E-state index >= 15 is 0 Å². The summed E-state index contributed by atoms with van der Waals surface area (Å²) < 4.78 is 13.7. The highest BCUT2D eigenvalue weighted by atomic mass is 32.2. The highest BCUT2D eigenvalue weighted by Crippen LogP contribution is 2.29. The lowest BCUT2D eigenvalue weighted by molar-refractivity contribution is -0.384. The molecule has 0 radical (unpaired) electrons. The predicted octanol–water partition coefficient (Wildman–Crippen LogP) is 3.38. The molecule has 0 aliphatic carbocycles. The Morgan fingerprint density at radius 2 is 2.24 bits per heavy atom. The molecule has 0 heterocycles. The van der Waals surface area contributed by atoms with Gasteiger partial charge in [-0.25, -0.2) is 9.18 Å². The number of nitro groups is 1. The van der Waals surface area contributed by atoms with Gasteiger partial charge in [-0.15, -0.1) is 0 Å². The maximum atomic E-state index is 13.7. The smallest absolute Gasteiger partial charge is 0.338 e. The van der Waals surface area contributed by atoms with E-state index in [2.05, 4.69) is 5.32 Å². The summed E-state index contributed by atoms with van der Waals surface area (Å²) in [6.45, 7) is 3.87. The van der Waals surface area contributed by atoms with Gasteiger partial charge in [0.15, 0.2) is 0 Å². The van der Waals surface area contributed by atoms with Crippen LogP contribution < -0.4 is 5.32 Å². The minimum Gasteiger partial charge on any atom is -0.478 e. The first kappa shape index (κ1) is 17.2. The van der Waals surface area contributed by atoms with Crippen LogP contribution in [-0.4, -0.2) is 33.5 Å². The van der Waals surface area contributed by atoms with Gasteiger partial charge in [0.25, 0.3) is 5.69 Å². The molecule has 0 fully saturated rings. The van der Waals surface area contributed by atoms with Crippen LogP contribution in [0.15, 0.2) is 12.1 Å². The zero-order valence-corrected chi connectivity index (χ0v) is 12.6. The fourth-order valence-electron chi connectivity index (χ4n) is 1.73. The zero-order valence-electron chi connectivity index (χ0n) is 11.8. The number of hydrogen-bond donors (Lipinski definition) is 2. The summed E-state index contributed by atoms with van der Waals surface area (Å²) in [6, 6.07) is 1.52. The van der Waals surface area contributed by atoms with E-state index in [4.69, 9.17) is 5.11 Å². The molecule has 1 aromatic carbocycles. The number of carbonyl (C=O) groups is 1. The second-order valence-corrected chi connectivity index (χ2v) is 5.84. The molecule has 8 heteroatoms. The summed E-state index contributed by atoms with van der Waals surface area (Å²) >= 11 is 1.74. The Morgan fingerprint density at radius 3 is 2.76 bits per heavy atom. The fourth-order valence-corrected chi connectivity index (χ4v) is 2.54. The van der Waals surface area contributed by atoms with Crippen molar-refractivity contribution in [3.8, 4) is 0 Å². The average Bonchev–Trinajstić information content (AvgIpc) is 2.38. The minimum atomic E-state index is -1.53. The number of halogens is 1. The number of nitrogens with one attached hydrogen (secondary N) is 1. The van der Waals surface area contributed by atoms with Gasteiger partial charge in [-0.1, -0.05) is 6.92 Å². The second kappa shape index (κ2) is 7.82. The van der Waals surface area contributed by atoms with Crippen LogP contribution in [0.5, 0.6) is 0 Å². The maximum Gasteiger partial charge on any atom is 0.338 e. The van der Waals surface area contributed by atoms with Gasteiger partial charge < -0.3 is 10.4 Å². The number of benzene rings is 1. The Labute approximate surface area is 125 Å². The van der Waals surface area contributed by atoms with E-state index < -0.39 is 28.0 Å². The molecule has 116 valence electrons. The molecule has 1 atom stereocenters. The number of carboxylic acids is 1. The first-order valence-corrected chi connectivity index (χ1v) is 7.57. The maximum absolute atomic E-state index is 13.7. The van der Waals surface area contributed by atoms with Gasteiger partial charge in [-0.2, -0.15) is 11.8 Å². The van der Waals surface area contributed by atoms with Crippen molar-refractivity contribution in [3.63, 3.8) is 0 Å². The van der Waals surface area contributed by atoms with Crippen LogP contribution in [0.1, 0.15) is 30.6 Å². The van der Waals surface area contributed by atoms with Crippen LogP contribution in [0.2, 0.25) is 0 Å². The summed E-state index contributed by atoms with van der Waals surface area (Å²) in [5.41, 5.74) is -1.15. The highest BCUT2D eigenvalue weighted by molar-refractivity contribution is 7.99. The third kappa shape index (κ3) is 4.89. The van der Waals surface area contributed by atoms with Crippen LogP contribution >= 0.6 is 11.8 Å². The van der Waals surface area contributed by atoms with E-state index in [0.717, 1.165) is 30.1 Å². The number of aromatic carboxylic acids is 1. The van der Waals surface area contributed by atoms with Crippen molar-refractivity contribution in [2.24, 2.45) is 0 Å². The molecule has 0 aromatic heterocycles. The van der Waals surface area contributed by atoms with E-state index in [9.17, 15) is 19.3 Å². The third-order valence-electron chi connectivity index (χ3n) is 2.81. The highest BCUT2D eigenvalue weighted by Gasteiger charge is 2.22. The first-order chi connectivity index (χ1) is 9.86. The number of nitrogens with zero attached hydrogens (tertiary/aromatic N) is 1. The van der Waals surface area contributed by atoms with Crippen molar-refractivity contribution >= 4 is 29.1 Å². The average molecular weight is 316 g/mol. The first-order valence-electron chi connectivity index (χ1n) is 6.42. The van der Waals surface area contributed by atoms with E-state index in [1.165, 1.54) is 0 Å². The molecule has 0 bridgehead atoms. The monoisotopic (exact) mass is 316 g/mol. The molecule has 0 saturated carbocycles. The number of rotatable bonds is 8. The SMILES string of the molecule is CCSCCC(C)Nc1cc(F)c(C(=O)O)cc1[N+](=O)[O-]. The van der Waals surface area contributed by atoms with Gasteiger partial charge in [-0.3, -0.25) is 10.1 Å². The number of anilines is 1.